The van der Waals surface area contributed by atoms with Gasteiger partial charge in [-0.05, 0) is 0 Å². The van der Waals surface area contributed by atoms with Gasteiger partial charge in [0.1, 0.15) is 11.0 Å². The highest BCUT2D eigenvalue weighted by molar-refractivity contribution is 7.09. The third-order valence-electron chi connectivity index (χ3n) is 2.49. The van der Waals surface area contributed by atoms with E-state index >= 15 is 0 Å². The number of thiazole rings is 1. The SMILES string of the molecule is Cl.O=C(NCc1nc(C(F)(F)F)cs1)C1COCCN1. The molecule has 1 aromatic rings. The Labute approximate surface area is 123 Å². The molecule has 0 aromatic carbocycles. The van der Waals surface area contributed by atoms with Gasteiger partial charge in [-0.3, -0.25) is 4.79 Å². The Bertz CT molecular complexity index is 449. The Hall–Kier alpha value is -0.900. The molecule has 2 rings (SSSR count). The molecule has 20 heavy (non-hydrogen) atoms. The molecule has 1 saturated heterocycles. The van der Waals surface area contributed by atoms with Crippen LogP contribution in [0.15, 0.2) is 5.38 Å². The van der Waals surface area contributed by atoms with Gasteiger partial charge in [-0.15, -0.1) is 23.7 Å². The number of nitrogens with one attached hydrogen (secondary N) is 2. The van der Waals surface area contributed by atoms with Crippen LogP contribution in [0.4, 0.5) is 13.2 Å². The monoisotopic (exact) mass is 331 g/mol. The minimum atomic E-state index is -4.45. The van der Waals surface area contributed by atoms with Gasteiger partial charge < -0.3 is 15.4 Å². The number of alkyl halides is 3. The van der Waals surface area contributed by atoms with Crippen molar-refractivity contribution in [2.24, 2.45) is 0 Å². The number of halogens is 4. The predicted molar refractivity (Wildman–Crippen MR) is 68.8 cm³/mol. The van der Waals surface area contributed by atoms with E-state index in [0.717, 1.165) is 16.7 Å². The van der Waals surface area contributed by atoms with Gasteiger partial charge in [-0.1, -0.05) is 0 Å². The first-order chi connectivity index (χ1) is 8.97. The van der Waals surface area contributed by atoms with Crippen LogP contribution in [0.1, 0.15) is 10.7 Å². The molecule has 0 saturated carbocycles. The number of hydrogen-bond acceptors (Lipinski definition) is 5. The van der Waals surface area contributed by atoms with Crippen molar-refractivity contribution in [2.45, 2.75) is 18.8 Å². The van der Waals surface area contributed by atoms with Crippen LogP contribution in [-0.4, -0.2) is 36.7 Å². The second-order valence-corrected chi connectivity index (χ2v) is 4.87. The van der Waals surface area contributed by atoms with Crippen molar-refractivity contribution in [3.05, 3.63) is 16.1 Å². The summed E-state index contributed by atoms with van der Waals surface area (Å²) in [5.74, 6) is -0.302. The minimum Gasteiger partial charge on any atom is -0.378 e. The maximum Gasteiger partial charge on any atom is 0.434 e. The minimum absolute atomic E-state index is 0. The maximum absolute atomic E-state index is 12.3. The summed E-state index contributed by atoms with van der Waals surface area (Å²) >= 11 is 0.868. The van der Waals surface area contributed by atoms with Crippen molar-refractivity contribution in [1.29, 1.82) is 0 Å². The molecule has 0 bridgehead atoms. The van der Waals surface area contributed by atoms with Crippen LogP contribution < -0.4 is 10.6 Å². The number of carbonyl (C=O) groups excluding carboxylic acids is 1. The fraction of sp³-hybridized carbons (Fsp3) is 0.600. The zero-order valence-corrected chi connectivity index (χ0v) is 11.8. The van der Waals surface area contributed by atoms with Crippen molar-refractivity contribution in [3.8, 4) is 0 Å². The van der Waals surface area contributed by atoms with Crippen LogP contribution >= 0.6 is 23.7 Å². The van der Waals surface area contributed by atoms with E-state index in [1.165, 1.54) is 0 Å². The van der Waals surface area contributed by atoms with Gasteiger partial charge in [0, 0.05) is 11.9 Å². The molecule has 10 heteroatoms. The first-order valence-electron chi connectivity index (χ1n) is 5.57. The topological polar surface area (TPSA) is 63.2 Å². The highest BCUT2D eigenvalue weighted by atomic mass is 35.5. The molecule has 0 aliphatic carbocycles. The van der Waals surface area contributed by atoms with Gasteiger partial charge in [0.25, 0.3) is 0 Å². The third kappa shape index (κ3) is 4.58. The summed E-state index contributed by atoms with van der Waals surface area (Å²) in [5.41, 5.74) is -0.930. The van der Waals surface area contributed by atoms with Crippen molar-refractivity contribution in [2.75, 3.05) is 19.8 Å². The average molecular weight is 332 g/mol. The van der Waals surface area contributed by atoms with E-state index in [0.29, 0.717) is 13.2 Å². The smallest absolute Gasteiger partial charge is 0.378 e. The Morgan fingerprint density at radius 2 is 2.35 bits per heavy atom. The lowest BCUT2D eigenvalue weighted by atomic mass is 10.2. The molecule has 1 aliphatic rings. The number of carbonyl (C=O) groups is 1. The van der Waals surface area contributed by atoms with Gasteiger partial charge in [0.2, 0.25) is 5.91 Å². The summed E-state index contributed by atoms with van der Waals surface area (Å²) in [5, 5.41) is 6.64. The molecule has 2 N–H and O–H groups in total. The molecule has 2 heterocycles. The fourth-order valence-corrected chi connectivity index (χ4v) is 2.28. The molecular formula is C10H13ClF3N3O2S. The zero-order valence-electron chi connectivity index (χ0n) is 10.2. The molecule has 1 fully saturated rings. The predicted octanol–water partition coefficient (Wildman–Crippen LogP) is 1.19. The van der Waals surface area contributed by atoms with E-state index < -0.39 is 17.9 Å². The van der Waals surface area contributed by atoms with Crippen molar-refractivity contribution in [3.63, 3.8) is 0 Å². The first kappa shape index (κ1) is 17.2. The normalized spacial score (nSPS) is 19.2. The molecular weight excluding hydrogens is 319 g/mol. The molecule has 1 atom stereocenters. The van der Waals surface area contributed by atoms with Crippen LogP contribution in [0, 0.1) is 0 Å². The Balaban J connectivity index is 0.00000200. The lowest BCUT2D eigenvalue weighted by Gasteiger charge is -2.22. The first-order valence-corrected chi connectivity index (χ1v) is 6.45. The number of amides is 1. The quantitative estimate of drug-likeness (QED) is 0.873. The van der Waals surface area contributed by atoms with Gasteiger partial charge >= 0.3 is 6.18 Å². The average Bonchev–Trinajstić information content (AvgIpc) is 2.86. The van der Waals surface area contributed by atoms with Crippen LogP contribution in [0.3, 0.4) is 0 Å². The van der Waals surface area contributed by atoms with Crippen molar-refractivity contribution < 1.29 is 22.7 Å². The van der Waals surface area contributed by atoms with E-state index in [9.17, 15) is 18.0 Å². The Morgan fingerprint density at radius 3 is 2.90 bits per heavy atom. The summed E-state index contributed by atoms with van der Waals surface area (Å²) in [7, 11) is 0. The van der Waals surface area contributed by atoms with E-state index in [1.54, 1.807) is 0 Å². The van der Waals surface area contributed by atoms with E-state index in [4.69, 9.17) is 4.74 Å². The zero-order chi connectivity index (χ0) is 13.9. The summed E-state index contributed by atoms with van der Waals surface area (Å²) in [6.07, 6.45) is -4.45. The molecule has 114 valence electrons. The summed E-state index contributed by atoms with van der Waals surface area (Å²) < 4.78 is 42.1. The second kappa shape index (κ2) is 7.21. The lowest BCUT2D eigenvalue weighted by molar-refractivity contribution is -0.140. The fourth-order valence-electron chi connectivity index (χ4n) is 1.54. The number of hydrogen-bond donors (Lipinski definition) is 2. The largest absolute Gasteiger partial charge is 0.434 e. The van der Waals surface area contributed by atoms with E-state index in [-0.39, 0.29) is 36.5 Å². The molecule has 1 amide bonds. The van der Waals surface area contributed by atoms with Gasteiger partial charge in [0.05, 0.1) is 19.8 Å². The summed E-state index contributed by atoms with van der Waals surface area (Å²) in [6.45, 7) is 1.37. The molecule has 5 nitrogen and oxygen atoms in total. The molecule has 1 aromatic heterocycles. The number of aromatic nitrogens is 1. The van der Waals surface area contributed by atoms with Crippen LogP contribution in [0.25, 0.3) is 0 Å². The highest BCUT2D eigenvalue weighted by Crippen LogP contribution is 2.29. The third-order valence-corrected chi connectivity index (χ3v) is 3.34. The number of rotatable bonds is 3. The van der Waals surface area contributed by atoms with E-state index in [1.807, 2.05) is 0 Å². The van der Waals surface area contributed by atoms with Gasteiger partial charge in [0.15, 0.2) is 5.69 Å². The summed E-state index contributed by atoms with van der Waals surface area (Å²) in [6, 6.07) is -0.462. The standard InChI is InChI=1S/C10H12F3N3O2S.ClH/c11-10(12,13)7-5-19-8(16-7)3-15-9(17)6-4-18-2-1-14-6;/h5-6,14H,1-4H2,(H,15,17);1H. The number of nitrogens with zero attached hydrogens (tertiary/aromatic N) is 1. The van der Waals surface area contributed by atoms with Crippen LogP contribution in [0.2, 0.25) is 0 Å². The molecule has 1 aliphatic heterocycles. The highest BCUT2D eigenvalue weighted by Gasteiger charge is 2.33. The second-order valence-electron chi connectivity index (χ2n) is 3.92. The number of morpholine rings is 1. The maximum atomic E-state index is 12.3. The van der Waals surface area contributed by atoms with Crippen molar-refractivity contribution in [1.82, 2.24) is 15.6 Å². The molecule has 1 unspecified atom stereocenters. The van der Waals surface area contributed by atoms with Gasteiger partial charge in [-0.25, -0.2) is 4.98 Å². The Kier molecular flexibility index (Phi) is 6.18. The Morgan fingerprint density at radius 1 is 1.60 bits per heavy atom. The van der Waals surface area contributed by atoms with Crippen LogP contribution in [-0.2, 0) is 22.3 Å². The lowest BCUT2D eigenvalue weighted by Crippen LogP contribution is -2.51. The molecule has 0 radical (unpaired) electrons. The van der Waals surface area contributed by atoms with Crippen LogP contribution in [0.5, 0.6) is 0 Å². The molecule has 0 spiro atoms. The number of ether oxygens (including phenoxy) is 1. The summed E-state index contributed by atoms with van der Waals surface area (Å²) in [4.78, 5) is 15.1. The van der Waals surface area contributed by atoms with E-state index in [2.05, 4.69) is 15.6 Å². The van der Waals surface area contributed by atoms with Crippen molar-refractivity contribution >= 4 is 29.7 Å². The van der Waals surface area contributed by atoms with Gasteiger partial charge in [-0.2, -0.15) is 13.2 Å².